The van der Waals surface area contributed by atoms with Crippen LogP contribution in [0.1, 0.15) is 27.2 Å². The molecule has 2 saturated heterocycles. The van der Waals surface area contributed by atoms with Gasteiger partial charge in [-0.1, -0.05) is 13.8 Å². The van der Waals surface area contributed by atoms with E-state index >= 15 is 0 Å². The van der Waals surface area contributed by atoms with Crippen molar-refractivity contribution in [1.82, 2.24) is 0 Å². The standard InChI is InChI=1S/C11H18O4/c1-4-10(9(12)14-5-2)11(15-10)7-13-6-8(11)3/h8H,4-7H2,1-3H3. The van der Waals surface area contributed by atoms with Crippen molar-refractivity contribution in [1.29, 1.82) is 0 Å². The summed E-state index contributed by atoms with van der Waals surface area (Å²) in [5, 5.41) is 0. The van der Waals surface area contributed by atoms with Crippen molar-refractivity contribution >= 4 is 5.97 Å². The van der Waals surface area contributed by atoms with Crippen LogP contribution in [0.5, 0.6) is 0 Å². The molecule has 15 heavy (non-hydrogen) atoms. The highest BCUT2D eigenvalue weighted by Gasteiger charge is 2.78. The second kappa shape index (κ2) is 3.46. The van der Waals surface area contributed by atoms with Crippen LogP contribution >= 0.6 is 0 Å². The zero-order chi connectivity index (χ0) is 11.1. The molecule has 2 rings (SSSR count). The van der Waals surface area contributed by atoms with Crippen molar-refractivity contribution in [3.63, 3.8) is 0 Å². The zero-order valence-corrected chi connectivity index (χ0v) is 9.54. The largest absolute Gasteiger partial charge is 0.464 e. The monoisotopic (exact) mass is 214 g/mol. The summed E-state index contributed by atoms with van der Waals surface area (Å²) in [5.74, 6) is 0.0340. The van der Waals surface area contributed by atoms with Crippen molar-refractivity contribution in [2.45, 2.75) is 38.4 Å². The lowest BCUT2D eigenvalue weighted by Gasteiger charge is -2.15. The smallest absolute Gasteiger partial charge is 0.341 e. The fraction of sp³-hybridized carbons (Fsp3) is 0.909. The molecular weight excluding hydrogens is 196 g/mol. The van der Waals surface area contributed by atoms with E-state index in [-0.39, 0.29) is 11.9 Å². The summed E-state index contributed by atoms with van der Waals surface area (Å²) in [6, 6.07) is 0. The average Bonchev–Trinajstić information content (AvgIpc) is 2.76. The number of carbonyl (C=O) groups is 1. The minimum Gasteiger partial charge on any atom is -0.464 e. The predicted octanol–water partition coefficient (Wildman–Crippen LogP) is 1.13. The van der Waals surface area contributed by atoms with Gasteiger partial charge in [-0.2, -0.15) is 0 Å². The van der Waals surface area contributed by atoms with Crippen molar-refractivity contribution in [2.75, 3.05) is 19.8 Å². The molecule has 0 aromatic rings. The number of carbonyl (C=O) groups excluding carboxylic acids is 1. The first-order chi connectivity index (χ1) is 7.13. The highest BCUT2D eigenvalue weighted by Crippen LogP contribution is 2.58. The number of epoxide rings is 1. The molecule has 3 atom stereocenters. The Hall–Kier alpha value is -0.610. The summed E-state index contributed by atoms with van der Waals surface area (Å²) >= 11 is 0. The van der Waals surface area contributed by atoms with Gasteiger partial charge >= 0.3 is 5.97 Å². The van der Waals surface area contributed by atoms with Gasteiger partial charge in [0.05, 0.1) is 19.8 Å². The highest BCUT2D eigenvalue weighted by molar-refractivity contribution is 5.85. The lowest BCUT2D eigenvalue weighted by molar-refractivity contribution is -0.149. The Bertz CT molecular complexity index is 278. The SMILES string of the molecule is CCOC(=O)C1(CC)OC12COCC2C. The highest BCUT2D eigenvalue weighted by atomic mass is 16.7. The molecule has 0 bridgehead atoms. The molecule has 0 aromatic heterocycles. The molecule has 0 N–H and O–H groups in total. The molecule has 4 heteroatoms. The molecule has 86 valence electrons. The molecule has 2 aliphatic heterocycles. The number of rotatable bonds is 3. The molecule has 2 fully saturated rings. The quantitative estimate of drug-likeness (QED) is 0.522. The number of ether oxygens (including phenoxy) is 3. The molecule has 3 unspecified atom stereocenters. The molecule has 1 spiro atoms. The number of esters is 1. The molecular formula is C11H18O4. The maximum absolute atomic E-state index is 11.9. The van der Waals surface area contributed by atoms with Gasteiger partial charge in [-0.3, -0.25) is 0 Å². The molecule has 2 heterocycles. The van der Waals surface area contributed by atoms with Crippen molar-refractivity contribution in [3.8, 4) is 0 Å². The molecule has 0 aromatic carbocycles. The molecule has 0 aliphatic carbocycles. The van der Waals surface area contributed by atoms with E-state index in [1.165, 1.54) is 0 Å². The molecule has 0 radical (unpaired) electrons. The maximum Gasteiger partial charge on any atom is 0.341 e. The fourth-order valence-corrected chi connectivity index (χ4v) is 2.57. The van der Waals surface area contributed by atoms with E-state index in [1.807, 2.05) is 13.8 Å². The Balaban J connectivity index is 2.17. The molecule has 2 aliphatic rings. The second-order valence-corrected chi connectivity index (χ2v) is 4.31. The van der Waals surface area contributed by atoms with Crippen LogP contribution in [0.2, 0.25) is 0 Å². The predicted molar refractivity (Wildman–Crippen MR) is 53.5 cm³/mol. The fourth-order valence-electron chi connectivity index (χ4n) is 2.57. The van der Waals surface area contributed by atoms with Gasteiger partial charge in [0.15, 0.2) is 5.60 Å². The van der Waals surface area contributed by atoms with Crippen molar-refractivity contribution in [2.24, 2.45) is 5.92 Å². The van der Waals surface area contributed by atoms with E-state index in [9.17, 15) is 4.79 Å². The summed E-state index contributed by atoms with van der Waals surface area (Å²) in [5.41, 5.74) is -1.15. The van der Waals surface area contributed by atoms with Crippen molar-refractivity contribution in [3.05, 3.63) is 0 Å². The van der Waals surface area contributed by atoms with Gasteiger partial charge in [-0.25, -0.2) is 4.79 Å². The van der Waals surface area contributed by atoms with Crippen LogP contribution in [-0.4, -0.2) is 37.0 Å². The van der Waals surface area contributed by atoms with Crippen LogP contribution in [0.3, 0.4) is 0 Å². The Morgan fingerprint density at radius 2 is 2.27 bits per heavy atom. The summed E-state index contributed by atoms with van der Waals surface area (Å²) in [4.78, 5) is 11.9. The van der Waals surface area contributed by atoms with E-state index < -0.39 is 11.2 Å². The Labute approximate surface area is 89.9 Å². The minimum absolute atomic E-state index is 0.232. The van der Waals surface area contributed by atoms with Gasteiger partial charge in [0.1, 0.15) is 5.60 Å². The van der Waals surface area contributed by atoms with Gasteiger partial charge < -0.3 is 14.2 Å². The van der Waals surface area contributed by atoms with E-state index in [4.69, 9.17) is 14.2 Å². The molecule has 0 amide bonds. The topological polar surface area (TPSA) is 48.1 Å². The van der Waals surface area contributed by atoms with Crippen LogP contribution in [0.15, 0.2) is 0 Å². The molecule has 4 nitrogen and oxygen atoms in total. The van der Waals surface area contributed by atoms with Gasteiger partial charge in [0.2, 0.25) is 0 Å². The van der Waals surface area contributed by atoms with Gasteiger partial charge in [-0.15, -0.1) is 0 Å². The zero-order valence-electron chi connectivity index (χ0n) is 9.54. The summed E-state index contributed by atoms with van der Waals surface area (Å²) in [6.07, 6.45) is 0.652. The van der Waals surface area contributed by atoms with Gasteiger partial charge in [-0.05, 0) is 13.3 Å². The normalized spacial score (nSPS) is 43.3. The number of hydrogen-bond donors (Lipinski definition) is 0. The average molecular weight is 214 g/mol. The second-order valence-electron chi connectivity index (χ2n) is 4.31. The van der Waals surface area contributed by atoms with Gasteiger partial charge in [0.25, 0.3) is 0 Å². The Kier molecular flexibility index (Phi) is 2.51. The Morgan fingerprint density at radius 3 is 2.73 bits per heavy atom. The summed E-state index contributed by atoms with van der Waals surface area (Å²) < 4.78 is 16.2. The van der Waals surface area contributed by atoms with E-state index in [0.717, 1.165) is 0 Å². The Morgan fingerprint density at radius 1 is 1.53 bits per heavy atom. The van der Waals surface area contributed by atoms with E-state index in [0.29, 0.717) is 26.2 Å². The maximum atomic E-state index is 11.9. The van der Waals surface area contributed by atoms with Crippen LogP contribution < -0.4 is 0 Å². The number of hydrogen-bond acceptors (Lipinski definition) is 4. The summed E-state index contributed by atoms with van der Waals surface area (Å²) in [6.45, 7) is 7.41. The third kappa shape index (κ3) is 1.24. The third-order valence-corrected chi connectivity index (χ3v) is 3.58. The first kappa shape index (κ1) is 10.9. The van der Waals surface area contributed by atoms with Crippen molar-refractivity contribution < 1.29 is 19.0 Å². The lowest BCUT2D eigenvalue weighted by atomic mass is 9.83. The van der Waals surface area contributed by atoms with Crippen LogP contribution in [0.25, 0.3) is 0 Å². The summed E-state index contributed by atoms with van der Waals surface area (Å²) in [7, 11) is 0. The van der Waals surface area contributed by atoms with E-state index in [1.54, 1.807) is 0 Å². The van der Waals surface area contributed by atoms with Crippen LogP contribution in [0.4, 0.5) is 0 Å². The first-order valence-corrected chi connectivity index (χ1v) is 5.58. The van der Waals surface area contributed by atoms with E-state index in [2.05, 4.69) is 6.92 Å². The van der Waals surface area contributed by atoms with Crippen LogP contribution in [-0.2, 0) is 19.0 Å². The first-order valence-electron chi connectivity index (χ1n) is 5.58. The molecule has 0 saturated carbocycles. The minimum atomic E-state index is -0.737. The lowest BCUT2D eigenvalue weighted by Crippen LogP contribution is -2.39. The third-order valence-electron chi connectivity index (χ3n) is 3.58. The van der Waals surface area contributed by atoms with Crippen LogP contribution in [0, 0.1) is 5.92 Å². The van der Waals surface area contributed by atoms with Gasteiger partial charge in [0, 0.05) is 5.92 Å².